The van der Waals surface area contributed by atoms with Gasteiger partial charge in [0.2, 0.25) is 0 Å². The van der Waals surface area contributed by atoms with Crippen LogP contribution in [0.25, 0.3) is 0 Å². The molecule has 4 atom stereocenters. The van der Waals surface area contributed by atoms with Crippen molar-refractivity contribution in [1.82, 2.24) is 39.7 Å². The van der Waals surface area contributed by atoms with Gasteiger partial charge in [-0.1, -0.05) is 66.1 Å². The topological polar surface area (TPSA) is 296 Å². The molecule has 2 unspecified atom stereocenters. The number of nitrogens with zero attached hydrogens (tertiary/aromatic N) is 6. The van der Waals surface area contributed by atoms with Crippen LogP contribution < -0.4 is 16.7 Å². The summed E-state index contributed by atoms with van der Waals surface area (Å²) in [6.45, 7) is 6.75. The van der Waals surface area contributed by atoms with Crippen LogP contribution in [0, 0.1) is 35.5 Å². The first-order valence-corrected chi connectivity index (χ1v) is 28.7. The number of benzene rings is 2. The van der Waals surface area contributed by atoms with Crippen LogP contribution in [0.1, 0.15) is 78.7 Å². The number of hydrogen-bond acceptors (Lipinski definition) is 15. The number of carbonyl (C=O) groups excluding carboxylic acids is 5. The van der Waals surface area contributed by atoms with Crippen LogP contribution in [0.2, 0.25) is 0 Å². The van der Waals surface area contributed by atoms with E-state index in [1.54, 1.807) is 18.5 Å². The molecule has 5 aliphatic rings. The van der Waals surface area contributed by atoms with E-state index < -0.39 is 58.7 Å². The lowest BCUT2D eigenvalue weighted by atomic mass is 9.92. The molecule has 1 aliphatic carbocycles. The Morgan fingerprint density at radius 1 is 0.727 bits per heavy atom. The highest BCUT2D eigenvalue weighted by molar-refractivity contribution is 7.93. The minimum Gasteiger partial charge on any atom is -0.445 e. The second kappa shape index (κ2) is 22.1. The van der Waals surface area contributed by atoms with Crippen LogP contribution in [0.3, 0.4) is 0 Å². The van der Waals surface area contributed by atoms with Gasteiger partial charge < -0.3 is 30.3 Å². The standard InChI is InChI=1S/C27H32N4O8S.C26H31N5O5S/c1-26(23(32)28-36,40(2,37)38)10-13-30-18-22-16-21(17-31(22)24(30)33)8-9-27(35)11-14-29(15-12-27)25(34)39-19-20-6-4-3-5-7-20;1-26(24(32)28-34,37(2,35)36)9-10-30-14-20-11-19(13-31(20)25(30)33)8-5-17-3-6-18(7-4-17)12-29-15-21-22(16-29)23(21)27/h3-7,16-17,35-36H,10-15,18-19H2,1-2H3,(H,28,32);3-4,6-7,11,13,21-23,34H,9-10,12,14-16,27H2,1-2H3,(H,28,32)/t26-;21?,22?,23?,26-/m11/s1. The Labute approximate surface area is 446 Å². The van der Waals surface area contributed by atoms with Gasteiger partial charge in [0.1, 0.15) is 12.2 Å². The van der Waals surface area contributed by atoms with Gasteiger partial charge in [-0.3, -0.25) is 34.0 Å². The Kier molecular flexibility index (Phi) is 16.2. The highest BCUT2D eigenvalue weighted by Gasteiger charge is 2.53. The summed E-state index contributed by atoms with van der Waals surface area (Å²) >= 11 is 0. The van der Waals surface area contributed by atoms with Crippen LogP contribution in [0.5, 0.6) is 0 Å². The maximum Gasteiger partial charge on any atom is 0.410 e. The first-order chi connectivity index (χ1) is 36.3. The van der Waals surface area contributed by atoms with E-state index >= 15 is 0 Å². The molecule has 22 nitrogen and oxygen atoms in total. The van der Waals surface area contributed by atoms with Crippen LogP contribution >= 0.6 is 0 Å². The summed E-state index contributed by atoms with van der Waals surface area (Å²) in [4.78, 5) is 69.0. The Morgan fingerprint density at radius 2 is 1.21 bits per heavy atom. The monoisotopic (exact) mass is 1100 g/mol. The number of hydroxylamine groups is 2. The third-order valence-electron chi connectivity index (χ3n) is 15.5. The number of fused-ring (bicyclic) bond motifs is 3. The third-order valence-corrected chi connectivity index (χ3v) is 19.6. The zero-order valence-electron chi connectivity index (χ0n) is 43.1. The fourth-order valence-electron chi connectivity index (χ4n) is 9.87. The minimum absolute atomic E-state index is 0.0252. The number of likely N-dealkylation sites (tertiary alicyclic amines) is 2. The van der Waals surface area contributed by atoms with Gasteiger partial charge in [0.25, 0.3) is 11.8 Å². The summed E-state index contributed by atoms with van der Waals surface area (Å²) < 4.78 is 53.1. The number of nitrogens with one attached hydrogen (secondary N) is 2. The minimum atomic E-state index is -3.88. The number of ether oxygens (including phenoxy) is 1. The molecule has 2 saturated heterocycles. The number of aromatic nitrogens is 2. The highest BCUT2D eigenvalue weighted by Crippen LogP contribution is 2.44. The van der Waals surface area contributed by atoms with Crippen molar-refractivity contribution in [2.45, 2.75) is 86.9 Å². The molecule has 1 saturated carbocycles. The summed E-state index contributed by atoms with van der Waals surface area (Å²) in [5, 5.41) is 28.9. The normalized spacial score (nSPS) is 20.9. The second-order valence-electron chi connectivity index (χ2n) is 20.8. The Morgan fingerprint density at radius 3 is 1.68 bits per heavy atom. The number of amides is 5. The van der Waals surface area contributed by atoms with E-state index in [0.29, 0.717) is 47.8 Å². The molecule has 5 amide bonds. The second-order valence-corrected chi connectivity index (χ2v) is 25.7. The number of rotatable bonds is 14. The summed E-state index contributed by atoms with van der Waals surface area (Å²) in [6, 6.07) is 20.8. The Balaban J connectivity index is 0.000000204. The van der Waals surface area contributed by atoms with E-state index in [9.17, 15) is 45.9 Å². The Hall–Kier alpha value is -7.03. The molecule has 0 radical (unpaired) electrons. The average molecular weight is 1100 g/mol. The summed E-state index contributed by atoms with van der Waals surface area (Å²) in [6.07, 6.45) is 4.75. The van der Waals surface area contributed by atoms with Crippen molar-refractivity contribution >= 4 is 49.6 Å². The van der Waals surface area contributed by atoms with Gasteiger partial charge in [-0.15, -0.1) is 0 Å². The van der Waals surface area contributed by atoms with Gasteiger partial charge in [-0.25, -0.2) is 42.2 Å². The van der Waals surface area contributed by atoms with Crippen LogP contribution in [0.15, 0.2) is 79.1 Å². The number of sulfone groups is 2. The predicted octanol–water partition coefficient (Wildman–Crippen LogP) is 2.25. The van der Waals surface area contributed by atoms with Gasteiger partial charge in [0, 0.05) is 118 Å². The molecule has 3 fully saturated rings. The summed E-state index contributed by atoms with van der Waals surface area (Å²) in [5.74, 6) is 11.3. The molecule has 9 rings (SSSR count). The zero-order chi connectivity index (χ0) is 55.7. The van der Waals surface area contributed by atoms with Crippen molar-refractivity contribution in [1.29, 1.82) is 0 Å². The van der Waals surface area contributed by atoms with Gasteiger partial charge >= 0.3 is 18.2 Å². The molecule has 77 heavy (non-hydrogen) atoms. The fourth-order valence-corrected chi connectivity index (χ4v) is 11.6. The molecule has 4 aromatic rings. The van der Waals surface area contributed by atoms with E-state index in [0.717, 1.165) is 49.0 Å². The number of hydrogen-bond donors (Lipinski definition) is 6. The molecule has 2 aromatic heterocycles. The molecule has 0 spiro atoms. The lowest BCUT2D eigenvalue weighted by molar-refractivity contribution is -0.132. The van der Waals surface area contributed by atoms with E-state index in [-0.39, 0.29) is 64.5 Å². The first kappa shape index (κ1) is 56.2. The zero-order valence-corrected chi connectivity index (χ0v) is 44.8. The fraction of sp³-hybridized carbons (Fsp3) is 0.453. The number of nitrogens with two attached hydrogens (primary N) is 1. The van der Waals surface area contributed by atoms with E-state index in [1.807, 2.05) is 48.5 Å². The summed E-state index contributed by atoms with van der Waals surface area (Å²) in [5.41, 5.74) is 13.2. The quantitative estimate of drug-likeness (QED) is 0.0600. The van der Waals surface area contributed by atoms with Crippen molar-refractivity contribution in [3.05, 3.63) is 118 Å². The van der Waals surface area contributed by atoms with Gasteiger partial charge in [-0.2, -0.15) is 0 Å². The molecule has 2 aromatic carbocycles. The number of aliphatic hydroxyl groups is 1. The molecule has 7 N–H and O–H groups in total. The van der Waals surface area contributed by atoms with Crippen LogP contribution in [0.4, 0.5) is 14.4 Å². The van der Waals surface area contributed by atoms with E-state index in [1.165, 1.54) is 54.2 Å². The molecule has 24 heteroatoms. The first-order valence-electron chi connectivity index (χ1n) is 24.9. The van der Waals surface area contributed by atoms with Gasteiger partial charge in [0.15, 0.2) is 29.2 Å². The molecule has 410 valence electrons. The van der Waals surface area contributed by atoms with Crippen molar-refractivity contribution in [2.24, 2.45) is 17.6 Å². The molecular formula is C53H63N9O13S2. The maximum absolute atomic E-state index is 12.9. The van der Waals surface area contributed by atoms with Crippen LogP contribution in [-0.2, 0) is 60.2 Å². The van der Waals surface area contributed by atoms with Gasteiger partial charge in [-0.05, 0) is 73.9 Å². The highest BCUT2D eigenvalue weighted by atomic mass is 32.2. The van der Waals surface area contributed by atoms with Crippen LogP contribution in [-0.4, -0.2) is 164 Å². The van der Waals surface area contributed by atoms with Crippen molar-refractivity contribution in [3.63, 3.8) is 0 Å². The average Bonchev–Trinajstić information content (AvgIpc) is 4.19. The summed E-state index contributed by atoms with van der Waals surface area (Å²) in [7, 11) is -7.71. The van der Waals surface area contributed by atoms with Crippen molar-refractivity contribution in [2.75, 3.05) is 51.8 Å². The molecule has 4 aliphatic heterocycles. The number of piperidine rings is 2. The van der Waals surface area contributed by atoms with E-state index in [2.05, 4.69) is 40.7 Å². The van der Waals surface area contributed by atoms with Gasteiger partial charge in [0.05, 0.1) is 13.1 Å². The smallest absolute Gasteiger partial charge is 0.410 e. The lowest BCUT2D eigenvalue weighted by Gasteiger charge is -2.34. The maximum atomic E-state index is 12.9. The largest absolute Gasteiger partial charge is 0.445 e. The molecule has 6 heterocycles. The van der Waals surface area contributed by atoms with Crippen molar-refractivity contribution in [3.8, 4) is 23.7 Å². The predicted molar refractivity (Wildman–Crippen MR) is 279 cm³/mol. The van der Waals surface area contributed by atoms with Crippen molar-refractivity contribution < 1.29 is 61.1 Å². The molecular weight excluding hydrogens is 1030 g/mol. The lowest BCUT2D eigenvalue weighted by Crippen LogP contribution is -2.50. The third kappa shape index (κ3) is 12.2. The Bertz CT molecular complexity index is 3290. The van der Waals surface area contributed by atoms with E-state index in [4.69, 9.17) is 20.9 Å². The SMILES string of the molecule is C[C@@](CCN1Cc2cc(C#CC3(O)CCN(C(=O)OCc4ccccc4)CC3)cn2C1=O)(C(=O)NO)S(C)(=O)=O.C[C@@](CCN1Cc2cc(C#Cc3ccc(CN4CC5C(N)C5C4)cc3)cn2C1=O)(C(=O)NO)S(C)(=O)=O. The number of carbonyl (C=O) groups is 5. The molecule has 0 bridgehead atoms.